The van der Waals surface area contributed by atoms with Gasteiger partial charge in [0, 0.05) is 25.6 Å². The van der Waals surface area contributed by atoms with Gasteiger partial charge < -0.3 is 20.1 Å². The molecular formula is C20H29N3O2. The van der Waals surface area contributed by atoms with Gasteiger partial charge in [-0.3, -0.25) is 4.99 Å². The van der Waals surface area contributed by atoms with Crippen LogP contribution in [0.25, 0.3) is 0 Å². The summed E-state index contributed by atoms with van der Waals surface area (Å²) >= 11 is 0. The topological polar surface area (TPSA) is 54.9 Å². The molecule has 25 heavy (non-hydrogen) atoms. The van der Waals surface area contributed by atoms with Gasteiger partial charge in [0.15, 0.2) is 17.5 Å². The number of nitrogens with one attached hydrogen (secondary N) is 2. The first-order valence-electron chi connectivity index (χ1n) is 9.64. The van der Waals surface area contributed by atoms with Crippen molar-refractivity contribution in [2.75, 3.05) is 33.4 Å². The predicted octanol–water partition coefficient (Wildman–Crippen LogP) is 2.84. The molecule has 0 saturated heterocycles. The third-order valence-electron chi connectivity index (χ3n) is 5.79. The second-order valence-electron chi connectivity index (χ2n) is 7.60. The standard InChI is InChI=1S/C20H29N3O2/c1-21-19(22-13-15-4-5-15)23-14-20(8-2-3-9-20)16-6-7-17-18(12-16)25-11-10-24-17/h6-7,12,15H,2-5,8-11,13-14H2,1H3,(H2,21,22,23). The second-order valence-corrected chi connectivity index (χ2v) is 7.60. The van der Waals surface area contributed by atoms with E-state index in [2.05, 4.69) is 33.8 Å². The number of guanidine groups is 1. The van der Waals surface area contributed by atoms with E-state index in [0.717, 1.165) is 36.5 Å². The zero-order chi connectivity index (χ0) is 17.1. The van der Waals surface area contributed by atoms with Crippen LogP contribution in [-0.2, 0) is 5.41 Å². The predicted molar refractivity (Wildman–Crippen MR) is 99.7 cm³/mol. The molecular weight excluding hydrogens is 314 g/mol. The molecule has 4 rings (SSSR count). The van der Waals surface area contributed by atoms with Crippen molar-refractivity contribution in [3.63, 3.8) is 0 Å². The van der Waals surface area contributed by atoms with Crippen LogP contribution in [0.5, 0.6) is 11.5 Å². The summed E-state index contributed by atoms with van der Waals surface area (Å²) in [5, 5.41) is 7.05. The van der Waals surface area contributed by atoms with Gasteiger partial charge in [-0.1, -0.05) is 18.9 Å². The van der Waals surface area contributed by atoms with Crippen LogP contribution >= 0.6 is 0 Å². The fourth-order valence-electron chi connectivity index (χ4n) is 4.03. The van der Waals surface area contributed by atoms with Crippen molar-refractivity contribution in [1.29, 1.82) is 0 Å². The highest BCUT2D eigenvalue weighted by atomic mass is 16.6. The Bertz CT molecular complexity index is 634. The SMILES string of the molecule is CN=C(NCC1CC1)NCC1(c2ccc3c(c2)OCCO3)CCCC1. The Morgan fingerprint density at radius 1 is 1.12 bits per heavy atom. The third-order valence-corrected chi connectivity index (χ3v) is 5.79. The molecule has 1 aromatic carbocycles. The van der Waals surface area contributed by atoms with Crippen LogP contribution in [0.4, 0.5) is 0 Å². The summed E-state index contributed by atoms with van der Waals surface area (Å²) in [6, 6.07) is 6.49. The van der Waals surface area contributed by atoms with Crippen LogP contribution in [0, 0.1) is 5.92 Å². The van der Waals surface area contributed by atoms with Crippen molar-refractivity contribution in [2.24, 2.45) is 10.9 Å². The third kappa shape index (κ3) is 3.70. The van der Waals surface area contributed by atoms with Crippen LogP contribution in [0.3, 0.4) is 0 Å². The fourth-order valence-corrected chi connectivity index (χ4v) is 4.03. The average molecular weight is 343 g/mol. The zero-order valence-corrected chi connectivity index (χ0v) is 15.1. The lowest BCUT2D eigenvalue weighted by molar-refractivity contribution is 0.171. The Morgan fingerprint density at radius 2 is 1.88 bits per heavy atom. The van der Waals surface area contributed by atoms with Gasteiger partial charge in [-0.25, -0.2) is 0 Å². The molecule has 1 aromatic rings. The first kappa shape index (κ1) is 16.6. The monoisotopic (exact) mass is 343 g/mol. The summed E-state index contributed by atoms with van der Waals surface area (Å²) in [6.45, 7) is 3.23. The van der Waals surface area contributed by atoms with Gasteiger partial charge >= 0.3 is 0 Å². The van der Waals surface area contributed by atoms with E-state index < -0.39 is 0 Å². The Morgan fingerprint density at radius 3 is 2.60 bits per heavy atom. The van der Waals surface area contributed by atoms with Crippen molar-refractivity contribution < 1.29 is 9.47 Å². The molecule has 136 valence electrons. The van der Waals surface area contributed by atoms with E-state index in [0.29, 0.717) is 13.2 Å². The van der Waals surface area contributed by atoms with Gasteiger partial charge in [-0.15, -0.1) is 0 Å². The second kappa shape index (κ2) is 7.14. The molecule has 2 N–H and O–H groups in total. The number of benzene rings is 1. The van der Waals surface area contributed by atoms with Gasteiger partial charge in [0.1, 0.15) is 13.2 Å². The number of nitrogens with zero attached hydrogens (tertiary/aromatic N) is 1. The molecule has 0 aromatic heterocycles. The van der Waals surface area contributed by atoms with Gasteiger partial charge in [0.25, 0.3) is 0 Å². The highest BCUT2D eigenvalue weighted by molar-refractivity contribution is 5.79. The molecule has 0 spiro atoms. The molecule has 0 unspecified atom stereocenters. The lowest BCUT2D eigenvalue weighted by Crippen LogP contribution is -2.45. The Kier molecular flexibility index (Phi) is 4.73. The van der Waals surface area contributed by atoms with Crippen molar-refractivity contribution in [3.05, 3.63) is 23.8 Å². The van der Waals surface area contributed by atoms with E-state index in [9.17, 15) is 0 Å². The maximum absolute atomic E-state index is 5.81. The first-order valence-corrected chi connectivity index (χ1v) is 9.64. The van der Waals surface area contributed by atoms with E-state index >= 15 is 0 Å². The summed E-state index contributed by atoms with van der Waals surface area (Å²) in [7, 11) is 1.85. The Labute approximate surface area is 150 Å². The van der Waals surface area contributed by atoms with E-state index in [-0.39, 0.29) is 5.41 Å². The molecule has 2 fully saturated rings. The van der Waals surface area contributed by atoms with E-state index in [1.807, 2.05) is 7.05 Å². The minimum atomic E-state index is 0.160. The molecule has 0 atom stereocenters. The Hall–Kier alpha value is -1.91. The van der Waals surface area contributed by atoms with Gasteiger partial charge in [-0.2, -0.15) is 0 Å². The summed E-state index contributed by atoms with van der Waals surface area (Å²) in [6.07, 6.45) is 7.68. The van der Waals surface area contributed by atoms with Crippen LogP contribution in [0.2, 0.25) is 0 Å². The molecule has 5 nitrogen and oxygen atoms in total. The normalized spacial score (nSPS) is 21.9. The maximum Gasteiger partial charge on any atom is 0.191 e. The molecule has 2 saturated carbocycles. The lowest BCUT2D eigenvalue weighted by Gasteiger charge is -2.32. The van der Waals surface area contributed by atoms with Crippen molar-refractivity contribution in [3.8, 4) is 11.5 Å². The summed E-state index contributed by atoms with van der Waals surface area (Å²) in [5.41, 5.74) is 1.52. The Balaban J connectivity index is 1.47. The van der Waals surface area contributed by atoms with Gasteiger partial charge in [0.05, 0.1) is 0 Å². The minimum Gasteiger partial charge on any atom is -0.486 e. The number of aliphatic imine (C=N–C) groups is 1. The van der Waals surface area contributed by atoms with Crippen molar-refractivity contribution in [1.82, 2.24) is 10.6 Å². The zero-order valence-electron chi connectivity index (χ0n) is 15.1. The van der Waals surface area contributed by atoms with Crippen LogP contribution < -0.4 is 20.1 Å². The lowest BCUT2D eigenvalue weighted by atomic mass is 9.78. The minimum absolute atomic E-state index is 0.160. The quantitative estimate of drug-likeness (QED) is 0.638. The smallest absolute Gasteiger partial charge is 0.191 e. The van der Waals surface area contributed by atoms with Crippen LogP contribution in [-0.4, -0.2) is 39.3 Å². The van der Waals surface area contributed by atoms with Crippen molar-refractivity contribution in [2.45, 2.75) is 43.9 Å². The molecule has 2 aliphatic carbocycles. The molecule has 0 bridgehead atoms. The molecule has 1 aliphatic heterocycles. The number of ether oxygens (including phenoxy) is 2. The highest BCUT2D eigenvalue weighted by Gasteiger charge is 2.36. The van der Waals surface area contributed by atoms with Crippen molar-refractivity contribution >= 4 is 5.96 Å². The molecule has 5 heteroatoms. The number of rotatable bonds is 5. The maximum atomic E-state index is 5.81. The highest BCUT2D eigenvalue weighted by Crippen LogP contribution is 2.43. The summed E-state index contributed by atoms with van der Waals surface area (Å²) < 4.78 is 11.5. The van der Waals surface area contributed by atoms with E-state index in [1.54, 1.807) is 0 Å². The van der Waals surface area contributed by atoms with E-state index in [1.165, 1.54) is 44.1 Å². The first-order chi connectivity index (χ1) is 12.3. The van der Waals surface area contributed by atoms with Gasteiger partial charge in [-0.05, 0) is 49.3 Å². The largest absolute Gasteiger partial charge is 0.486 e. The molecule has 3 aliphatic rings. The van der Waals surface area contributed by atoms with E-state index in [4.69, 9.17) is 9.47 Å². The fraction of sp³-hybridized carbons (Fsp3) is 0.650. The van der Waals surface area contributed by atoms with Crippen LogP contribution in [0.1, 0.15) is 44.1 Å². The molecule has 0 amide bonds. The van der Waals surface area contributed by atoms with Gasteiger partial charge in [0.2, 0.25) is 0 Å². The number of hydrogen-bond acceptors (Lipinski definition) is 3. The number of hydrogen-bond donors (Lipinski definition) is 2. The molecule has 0 radical (unpaired) electrons. The number of fused-ring (bicyclic) bond motifs is 1. The summed E-state index contributed by atoms with van der Waals surface area (Å²) in [5.74, 6) is 3.54. The average Bonchev–Trinajstić information content (AvgIpc) is 3.37. The molecule has 1 heterocycles. The van der Waals surface area contributed by atoms with Crippen LogP contribution in [0.15, 0.2) is 23.2 Å². The summed E-state index contributed by atoms with van der Waals surface area (Å²) in [4.78, 5) is 4.39.